The van der Waals surface area contributed by atoms with E-state index in [0.29, 0.717) is 18.5 Å². The fourth-order valence-electron chi connectivity index (χ4n) is 1.47. The molecule has 0 amide bonds. The summed E-state index contributed by atoms with van der Waals surface area (Å²) in [6.45, 7) is 7.61. The van der Waals surface area contributed by atoms with Crippen LogP contribution < -0.4 is 10.6 Å². The van der Waals surface area contributed by atoms with Crippen LogP contribution in [0.4, 0.5) is 6.01 Å². The lowest BCUT2D eigenvalue weighted by Gasteiger charge is -1.98. The molecular weight excluding hydrogens is 362 g/mol. The molecule has 2 aromatic heterocycles. The van der Waals surface area contributed by atoms with Crippen molar-refractivity contribution in [1.29, 1.82) is 0 Å². The zero-order valence-corrected chi connectivity index (χ0v) is 16.3. The predicted octanol–water partition coefficient (Wildman–Crippen LogP) is 1.70. The van der Waals surface area contributed by atoms with E-state index in [4.69, 9.17) is 24.2 Å². The van der Waals surface area contributed by atoms with Crippen molar-refractivity contribution in [1.82, 2.24) is 20.5 Å². The first-order valence-corrected chi connectivity index (χ1v) is 8.50. The Morgan fingerprint density at radius 1 is 1.15 bits per heavy atom. The molecule has 0 bridgehead atoms. The molecule has 0 saturated heterocycles. The molecule has 146 valence electrons. The second-order valence-electron chi connectivity index (χ2n) is 5.00. The average molecular weight is 387 g/mol. The van der Waals surface area contributed by atoms with Gasteiger partial charge >= 0.3 is 6.01 Å². The van der Waals surface area contributed by atoms with Gasteiger partial charge in [0.25, 0.3) is 11.9 Å². The van der Waals surface area contributed by atoms with E-state index in [0.717, 1.165) is 37.5 Å². The molecule has 0 spiro atoms. The predicted molar refractivity (Wildman–Crippen MR) is 97.5 cm³/mol. The van der Waals surface area contributed by atoms with Gasteiger partial charge in [-0.05, 0) is 20.9 Å². The summed E-state index contributed by atoms with van der Waals surface area (Å²) < 4.78 is 5.38. The third kappa shape index (κ3) is 11.9. The van der Waals surface area contributed by atoms with Crippen molar-refractivity contribution in [3.05, 3.63) is 21.5 Å². The Labute approximate surface area is 155 Å². The lowest BCUT2D eigenvalue weighted by atomic mass is 10.4. The van der Waals surface area contributed by atoms with E-state index in [1.165, 1.54) is 4.88 Å². The van der Waals surface area contributed by atoms with Gasteiger partial charge in [-0.3, -0.25) is 9.59 Å². The van der Waals surface area contributed by atoms with E-state index in [1.54, 1.807) is 11.3 Å². The first-order chi connectivity index (χ1) is 12.1. The summed E-state index contributed by atoms with van der Waals surface area (Å²) in [5.74, 6) is -1.08. The monoisotopic (exact) mass is 387 g/mol. The number of thiazole rings is 1. The number of nitrogens with one attached hydrogen (secondary N) is 2. The molecule has 0 aliphatic heterocycles. The third-order valence-corrected chi connectivity index (χ3v) is 3.62. The van der Waals surface area contributed by atoms with Crippen molar-refractivity contribution in [2.75, 3.05) is 18.9 Å². The van der Waals surface area contributed by atoms with Gasteiger partial charge < -0.3 is 25.3 Å². The van der Waals surface area contributed by atoms with Crippen LogP contribution in [-0.4, -0.2) is 50.9 Å². The van der Waals surface area contributed by atoms with Gasteiger partial charge in [-0.25, -0.2) is 4.98 Å². The molecule has 0 fully saturated rings. The van der Waals surface area contributed by atoms with E-state index in [2.05, 4.69) is 32.7 Å². The van der Waals surface area contributed by atoms with Crippen LogP contribution in [0.2, 0.25) is 0 Å². The van der Waals surface area contributed by atoms with Crippen molar-refractivity contribution in [3.8, 4) is 0 Å². The lowest BCUT2D eigenvalue weighted by molar-refractivity contribution is -0.135. The van der Waals surface area contributed by atoms with Crippen LogP contribution in [-0.2, 0) is 22.6 Å². The van der Waals surface area contributed by atoms with Gasteiger partial charge in [0, 0.05) is 31.7 Å². The summed E-state index contributed by atoms with van der Waals surface area (Å²) in [5.41, 5.74) is 1.11. The van der Waals surface area contributed by atoms with E-state index in [1.807, 2.05) is 14.0 Å². The molecule has 0 aromatic carbocycles. The number of hydrogen-bond acceptors (Lipinski definition) is 9. The van der Waals surface area contributed by atoms with Gasteiger partial charge in [-0.2, -0.15) is 0 Å². The minimum absolute atomic E-state index is 0.463. The van der Waals surface area contributed by atoms with Crippen molar-refractivity contribution in [2.24, 2.45) is 0 Å². The molecule has 0 radical (unpaired) electrons. The van der Waals surface area contributed by atoms with Crippen LogP contribution in [0.15, 0.2) is 4.42 Å². The largest absolute Gasteiger partial charge is 0.481 e. The number of carboxylic acids is 2. The minimum Gasteiger partial charge on any atom is -0.481 e. The molecule has 2 heterocycles. The highest BCUT2D eigenvalue weighted by Gasteiger charge is 2.06. The SMILES string of the molecule is CC(=O)O.CC(=O)O.CNCc1nnc(NCCc2nc(C)c(C)s2)o1. The number of nitrogens with zero attached hydrogens (tertiary/aromatic N) is 3. The second-order valence-corrected chi connectivity index (χ2v) is 6.28. The highest BCUT2D eigenvalue weighted by molar-refractivity contribution is 7.11. The molecule has 2 rings (SSSR count). The maximum atomic E-state index is 9.00. The summed E-state index contributed by atoms with van der Waals surface area (Å²) in [4.78, 5) is 23.8. The maximum absolute atomic E-state index is 9.00. The van der Waals surface area contributed by atoms with Crippen LogP contribution in [0.1, 0.15) is 35.3 Å². The highest BCUT2D eigenvalue weighted by Crippen LogP contribution is 2.16. The molecule has 0 aliphatic rings. The Kier molecular flexibility index (Phi) is 11.5. The molecule has 10 nitrogen and oxygen atoms in total. The Morgan fingerprint density at radius 3 is 2.19 bits per heavy atom. The van der Waals surface area contributed by atoms with Crippen molar-refractivity contribution < 1.29 is 24.2 Å². The first-order valence-electron chi connectivity index (χ1n) is 7.68. The lowest BCUT2D eigenvalue weighted by Crippen LogP contribution is -2.05. The molecular formula is C15H25N5O5S. The molecule has 0 aliphatic carbocycles. The smallest absolute Gasteiger partial charge is 0.315 e. The summed E-state index contributed by atoms with van der Waals surface area (Å²) >= 11 is 1.74. The van der Waals surface area contributed by atoms with Gasteiger partial charge in [0.1, 0.15) is 0 Å². The Bertz CT molecular complexity index is 646. The number of rotatable bonds is 6. The van der Waals surface area contributed by atoms with E-state index in [-0.39, 0.29) is 0 Å². The van der Waals surface area contributed by atoms with E-state index >= 15 is 0 Å². The van der Waals surface area contributed by atoms with Crippen LogP contribution in [0.3, 0.4) is 0 Å². The number of aromatic nitrogens is 3. The molecule has 26 heavy (non-hydrogen) atoms. The Hall–Kier alpha value is -2.53. The zero-order valence-electron chi connectivity index (χ0n) is 15.5. The minimum atomic E-state index is -0.833. The molecule has 0 atom stereocenters. The number of hydrogen-bond donors (Lipinski definition) is 4. The Morgan fingerprint density at radius 2 is 1.73 bits per heavy atom. The standard InChI is InChI=1S/C11H17N5OS.2C2H4O2/c1-7-8(2)18-10(14-7)4-5-13-11-16-15-9(17-11)6-12-3;2*1-2(3)4/h12H,4-6H2,1-3H3,(H,13,16);2*1H3,(H,3,4). The number of carbonyl (C=O) groups is 2. The quantitative estimate of drug-likeness (QED) is 0.576. The van der Waals surface area contributed by atoms with E-state index < -0.39 is 11.9 Å². The fourth-order valence-corrected chi connectivity index (χ4v) is 2.40. The summed E-state index contributed by atoms with van der Waals surface area (Å²) in [5, 5.41) is 29.8. The number of aryl methyl sites for hydroxylation is 2. The second kappa shape index (κ2) is 12.8. The van der Waals surface area contributed by atoms with Crippen LogP contribution in [0.25, 0.3) is 0 Å². The fraction of sp³-hybridized carbons (Fsp3) is 0.533. The van der Waals surface area contributed by atoms with Crippen LogP contribution >= 0.6 is 11.3 Å². The van der Waals surface area contributed by atoms with Crippen LogP contribution in [0, 0.1) is 13.8 Å². The average Bonchev–Trinajstić information content (AvgIpc) is 3.06. The molecule has 11 heteroatoms. The van der Waals surface area contributed by atoms with Crippen molar-refractivity contribution in [3.63, 3.8) is 0 Å². The number of carboxylic acid groups (broad SMARTS) is 2. The summed E-state index contributed by atoms with van der Waals surface area (Å²) in [6.07, 6.45) is 0.864. The third-order valence-electron chi connectivity index (χ3n) is 2.48. The normalized spacial score (nSPS) is 9.42. The maximum Gasteiger partial charge on any atom is 0.315 e. The highest BCUT2D eigenvalue weighted by atomic mass is 32.1. The van der Waals surface area contributed by atoms with Gasteiger partial charge in [-0.1, -0.05) is 5.10 Å². The molecule has 4 N–H and O–H groups in total. The van der Waals surface area contributed by atoms with Crippen molar-refractivity contribution >= 4 is 29.3 Å². The first kappa shape index (κ1) is 23.5. The summed E-state index contributed by atoms with van der Waals surface area (Å²) in [6, 6.07) is 0.463. The van der Waals surface area contributed by atoms with E-state index in [9.17, 15) is 0 Å². The molecule has 0 unspecified atom stereocenters. The molecule has 0 saturated carbocycles. The topological polar surface area (TPSA) is 150 Å². The van der Waals surface area contributed by atoms with Crippen molar-refractivity contribution in [2.45, 2.75) is 40.7 Å². The van der Waals surface area contributed by atoms with Gasteiger partial charge in [0.2, 0.25) is 5.89 Å². The van der Waals surface area contributed by atoms with Gasteiger partial charge in [-0.15, -0.1) is 16.4 Å². The number of anilines is 1. The van der Waals surface area contributed by atoms with Gasteiger partial charge in [0.15, 0.2) is 0 Å². The number of aliphatic carboxylic acids is 2. The molecule has 2 aromatic rings. The Balaban J connectivity index is 0.000000662. The van der Waals surface area contributed by atoms with Gasteiger partial charge in [0.05, 0.1) is 17.2 Å². The van der Waals surface area contributed by atoms with Crippen LogP contribution in [0.5, 0.6) is 0 Å². The zero-order chi connectivity index (χ0) is 20.1. The summed E-state index contributed by atoms with van der Waals surface area (Å²) in [7, 11) is 1.84.